The third kappa shape index (κ3) is 8.42. The number of hydroxylamine groups is 1. The van der Waals surface area contributed by atoms with Crippen molar-refractivity contribution in [2.75, 3.05) is 18.4 Å². The summed E-state index contributed by atoms with van der Waals surface area (Å²) in [6.45, 7) is 4.12. The van der Waals surface area contributed by atoms with Gasteiger partial charge in [-0.25, -0.2) is 9.37 Å². The van der Waals surface area contributed by atoms with E-state index in [9.17, 15) is 18.8 Å². The zero-order valence-electron chi connectivity index (χ0n) is 28.2. The number of aromatic nitrogens is 1. The van der Waals surface area contributed by atoms with Crippen molar-refractivity contribution in [2.24, 2.45) is 5.92 Å². The number of amides is 3. The Morgan fingerprint density at radius 1 is 1.10 bits per heavy atom. The van der Waals surface area contributed by atoms with E-state index in [1.54, 1.807) is 36.4 Å². The number of nitrogens with zero attached hydrogens (tertiary/aromatic N) is 2. The normalized spacial score (nSPS) is 21.3. The Labute approximate surface area is 299 Å². The van der Waals surface area contributed by atoms with Crippen molar-refractivity contribution in [3.63, 3.8) is 0 Å². The van der Waals surface area contributed by atoms with Gasteiger partial charge in [0, 0.05) is 22.3 Å². The van der Waals surface area contributed by atoms with Gasteiger partial charge < -0.3 is 25.1 Å². The molecule has 3 aromatic carbocycles. The summed E-state index contributed by atoms with van der Waals surface area (Å²) in [7, 11) is 0. The first-order chi connectivity index (χ1) is 24.2. The van der Waals surface area contributed by atoms with Crippen molar-refractivity contribution < 1.29 is 32.6 Å². The molecular weight excluding hydrogens is 658 g/mol. The average molecular weight is 706 g/mol. The Morgan fingerprint density at radius 2 is 1.94 bits per heavy atom. The van der Waals surface area contributed by atoms with Gasteiger partial charge in [-0.2, -0.15) is 5.48 Å². The number of allylic oxidation sites excluding steroid dienone is 1. The second kappa shape index (κ2) is 15.7. The first kappa shape index (κ1) is 34.9. The van der Waals surface area contributed by atoms with Gasteiger partial charge in [-0.1, -0.05) is 73.6 Å². The second-order valence-corrected chi connectivity index (χ2v) is 13.9. The number of para-hydroxylation sites is 1. The SMILES string of the molecule is CCCCC/C=C\[C@@H]1C[C@]1(NC(=O)[C@@H]1CC(Oc2nc3ccc(C)cc3s2)CN1C(=O)CNc1cccc(F)c1)C(=O)NOc1ccccc1.[HH].[HH].[HH]. The molecule has 6 rings (SSSR count). The first-order valence-corrected chi connectivity index (χ1v) is 17.9. The van der Waals surface area contributed by atoms with E-state index in [1.165, 1.54) is 28.4 Å². The third-order valence-electron chi connectivity index (χ3n) is 9.06. The number of aryl methyl sites for hydroxylation is 1. The average Bonchev–Trinajstić information content (AvgIpc) is 3.41. The van der Waals surface area contributed by atoms with Crippen LogP contribution in [0.4, 0.5) is 10.1 Å². The van der Waals surface area contributed by atoms with Crippen LogP contribution in [-0.2, 0) is 14.4 Å². The number of rotatable bonds is 15. The Bertz CT molecular complexity index is 1870. The predicted octanol–water partition coefficient (Wildman–Crippen LogP) is 7.06. The minimum atomic E-state index is -1.24. The third-order valence-corrected chi connectivity index (χ3v) is 9.97. The van der Waals surface area contributed by atoms with Gasteiger partial charge in [-0.3, -0.25) is 14.4 Å². The van der Waals surface area contributed by atoms with Crippen molar-refractivity contribution in [2.45, 2.75) is 70.1 Å². The zero-order valence-corrected chi connectivity index (χ0v) is 29.0. The largest absolute Gasteiger partial charge is 0.465 e. The highest BCUT2D eigenvalue weighted by atomic mass is 32.1. The summed E-state index contributed by atoms with van der Waals surface area (Å²) >= 11 is 1.41. The molecule has 4 aromatic rings. The van der Waals surface area contributed by atoms with Crippen LogP contribution >= 0.6 is 11.3 Å². The van der Waals surface area contributed by atoms with E-state index >= 15 is 0 Å². The molecule has 268 valence electrons. The highest BCUT2D eigenvalue weighted by molar-refractivity contribution is 7.20. The minimum Gasteiger partial charge on any atom is -0.465 e. The quantitative estimate of drug-likeness (QED) is 0.0688. The van der Waals surface area contributed by atoms with Crippen molar-refractivity contribution in [1.29, 1.82) is 0 Å². The van der Waals surface area contributed by atoms with Gasteiger partial charge in [-0.05, 0) is 74.2 Å². The lowest BCUT2D eigenvalue weighted by atomic mass is 10.1. The van der Waals surface area contributed by atoms with Gasteiger partial charge in [0.05, 0.1) is 23.3 Å². The lowest BCUT2D eigenvalue weighted by molar-refractivity contribution is -0.140. The smallest absolute Gasteiger partial charge is 0.278 e. The maximum absolute atomic E-state index is 14.2. The van der Waals surface area contributed by atoms with E-state index in [0.717, 1.165) is 41.5 Å². The number of hydrogen-bond donors (Lipinski definition) is 3. The number of hydrogen-bond acceptors (Lipinski definition) is 8. The Kier molecular flexibility index (Phi) is 11.0. The van der Waals surface area contributed by atoms with E-state index < -0.39 is 35.3 Å². The molecule has 10 nitrogen and oxygen atoms in total. The number of carbonyl (C=O) groups excluding carboxylic acids is 3. The van der Waals surface area contributed by atoms with Crippen LogP contribution in [0.1, 0.15) is 55.3 Å². The molecule has 1 aliphatic carbocycles. The van der Waals surface area contributed by atoms with E-state index in [2.05, 4.69) is 34.1 Å². The molecule has 3 amide bonds. The molecule has 0 spiro atoms. The predicted molar refractivity (Wildman–Crippen MR) is 198 cm³/mol. The maximum atomic E-state index is 14.2. The molecule has 4 atom stereocenters. The topological polar surface area (TPSA) is 122 Å². The van der Waals surface area contributed by atoms with E-state index in [-0.39, 0.29) is 35.6 Å². The number of fused-ring (bicyclic) bond motifs is 1. The lowest BCUT2D eigenvalue weighted by Gasteiger charge is -2.26. The zero-order chi connectivity index (χ0) is 35.1. The van der Waals surface area contributed by atoms with E-state index in [4.69, 9.17) is 9.57 Å². The lowest BCUT2D eigenvalue weighted by Crippen LogP contribution is -2.56. The summed E-state index contributed by atoms with van der Waals surface area (Å²) in [5.74, 6) is -1.53. The molecule has 1 aromatic heterocycles. The monoisotopic (exact) mass is 705 g/mol. The van der Waals surface area contributed by atoms with Crippen LogP contribution in [0, 0.1) is 18.7 Å². The number of halogens is 1. The molecule has 12 heteroatoms. The Morgan fingerprint density at radius 3 is 2.74 bits per heavy atom. The van der Waals surface area contributed by atoms with Crippen LogP contribution in [0.15, 0.2) is 84.9 Å². The van der Waals surface area contributed by atoms with E-state index in [0.29, 0.717) is 23.1 Å². The van der Waals surface area contributed by atoms with Crippen LogP contribution in [0.25, 0.3) is 10.2 Å². The summed E-state index contributed by atoms with van der Waals surface area (Å²) in [5.41, 5.74) is 3.64. The van der Waals surface area contributed by atoms with Gasteiger partial charge >= 0.3 is 0 Å². The fourth-order valence-electron chi connectivity index (χ4n) is 6.23. The Balaban J connectivity index is 0.00000252. The molecule has 1 unspecified atom stereocenters. The van der Waals surface area contributed by atoms with Crippen molar-refractivity contribution >= 4 is 45.0 Å². The van der Waals surface area contributed by atoms with Gasteiger partial charge in [0.1, 0.15) is 23.5 Å². The molecule has 1 saturated heterocycles. The minimum absolute atomic E-state index is 0. The molecule has 1 saturated carbocycles. The molecular formula is C38H48FN5O5S. The number of carbonyl (C=O) groups is 3. The van der Waals surface area contributed by atoms with Crippen LogP contribution in [0.5, 0.6) is 10.9 Å². The number of nitrogens with one attached hydrogen (secondary N) is 3. The van der Waals surface area contributed by atoms with Crippen LogP contribution in [0.2, 0.25) is 0 Å². The van der Waals surface area contributed by atoms with E-state index in [1.807, 2.05) is 37.3 Å². The summed E-state index contributed by atoms with van der Waals surface area (Å²) in [4.78, 5) is 53.1. The number of ether oxygens (including phenoxy) is 1. The van der Waals surface area contributed by atoms with Crippen LogP contribution in [0.3, 0.4) is 0 Å². The van der Waals surface area contributed by atoms with Gasteiger partial charge in [-0.15, -0.1) is 0 Å². The van der Waals surface area contributed by atoms with Crippen LogP contribution < -0.4 is 25.7 Å². The fourth-order valence-corrected chi connectivity index (χ4v) is 7.21. The molecule has 0 radical (unpaired) electrons. The number of benzene rings is 3. The molecule has 50 heavy (non-hydrogen) atoms. The molecule has 1 aliphatic heterocycles. The maximum Gasteiger partial charge on any atom is 0.278 e. The summed E-state index contributed by atoms with van der Waals surface area (Å²) in [6, 6.07) is 19.7. The summed E-state index contributed by atoms with van der Waals surface area (Å²) in [5, 5.41) is 6.42. The standard InChI is InChI=1S/C38H42FN5O5S.3H2/c1-3-4-5-6-8-12-26-22-38(26,36(47)43-49-29-15-9-7-10-16-29)42-35(46)32-21-30(48-37-41-31-18-17-25(2)19-33(31)50-37)24-44(32)34(45)23-40-28-14-11-13-27(39)20-28;;;/h7-20,26,30,32,40H,3-6,21-24H2,1-2H3,(H,42,46)(H,43,47);3*1H/b12-8-;;;/t26-,30?,32+,38-;;;/m1.../s1. The number of likely N-dealkylation sites (tertiary alicyclic amines) is 1. The molecule has 2 heterocycles. The van der Waals surface area contributed by atoms with Gasteiger partial charge in [0.25, 0.3) is 11.1 Å². The number of anilines is 1. The highest BCUT2D eigenvalue weighted by Gasteiger charge is 2.61. The highest BCUT2D eigenvalue weighted by Crippen LogP contribution is 2.45. The second-order valence-electron chi connectivity index (χ2n) is 12.9. The molecule has 3 N–H and O–H groups in total. The fraction of sp³-hybridized carbons (Fsp3) is 0.368. The van der Waals surface area contributed by atoms with Crippen LogP contribution in [-0.4, -0.2) is 58.4 Å². The molecule has 0 bridgehead atoms. The molecule has 2 aliphatic rings. The van der Waals surface area contributed by atoms with Gasteiger partial charge in [0.2, 0.25) is 11.8 Å². The van der Waals surface area contributed by atoms with Crippen molar-refractivity contribution in [1.82, 2.24) is 20.7 Å². The summed E-state index contributed by atoms with van der Waals surface area (Å²) < 4.78 is 21.1. The summed E-state index contributed by atoms with van der Waals surface area (Å²) in [6.07, 6.45) is 8.25. The number of thiazole rings is 1. The van der Waals surface area contributed by atoms with Crippen molar-refractivity contribution in [3.05, 3.63) is 96.3 Å². The van der Waals surface area contributed by atoms with Crippen molar-refractivity contribution in [3.8, 4) is 10.9 Å². The van der Waals surface area contributed by atoms with Gasteiger partial charge in [0.15, 0.2) is 5.75 Å². The molecule has 2 fully saturated rings. The Hall–Kier alpha value is -4.97. The number of unbranched alkanes of at least 4 members (excludes halogenated alkanes) is 3. The first-order valence-electron chi connectivity index (χ1n) is 17.1.